The molecule has 0 saturated carbocycles. The van der Waals surface area contributed by atoms with Crippen LogP contribution in [0.4, 0.5) is 5.69 Å². The maximum Gasteiger partial charge on any atom is 0.237 e. The highest BCUT2D eigenvalue weighted by Crippen LogP contribution is 2.47. The Bertz CT molecular complexity index is 616. The zero-order valence-electron chi connectivity index (χ0n) is 13.7. The zero-order chi connectivity index (χ0) is 16.1. The minimum atomic E-state index is -0.598. The summed E-state index contributed by atoms with van der Waals surface area (Å²) in [6, 6.07) is 8.19. The second kappa shape index (κ2) is 5.30. The number of hydrogen-bond acceptors (Lipinski definition) is 4. The molecule has 3 aliphatic rings. The van der Waals surface area contributed by atoms with Crippen molar-refractivity contribution in [3.63, 3.8) is 0 Å². The molecule has 23 heavy (non-hydrogen) atoms. The molecule has 3 heterocycles. The number of para-hydroxylation sites is 1. The fraction of sp³-hybridized carbons (Fsp3) is 0.611. The Kier molecular flexibility index (Phi) is 3.48. The van der Waals surface area contributed by atoms with Crippen LogP contribution < -0.4 is 10.2 Å². The van der Waals surface area contributed by atoms with Crippen LogP contribution in [0.5, 0.6) is 0 Å². The molecule has 1 aromatic carbocycles. The first-order valence-electron chi connectivity index (χ1n) is 8.57. The average Bonchev–Trinajstić information content (AvgIpc) is 3.07. The lowest BCUT2D eigenvalue weighted by molar-refractivity contribution is -0.124. The summed E-state index contributed by atoms with van der Waals surface area (Å²) in [5.74, 6) is 0.236. The summed E-state index contributed by atoms with van der Waals surface area (Å²) in [6.45, 7) is 4.03. The maximum absolute atomic E-state index is 12.9. The Hall–Kier alpha value is -1.43. The van der Waals surface area contributed by atoms with Crippen molar-refractivity contribution in [2.45, 2.75) is 30.3 Å². The third kappa shape index (κ3) is 2.30. The lowest BCUT2D eigenvalue weighted by atomic mass is 9.73. The summed E-state index contributed by atoms with van der Waals surface area (Å²) in [5.41, 5.74) is 1.30. The van der Waals surface area contributed by atoms with E-state index in [4.69, 9.17) is 0 Å². The van der Waals surface area contributed by atoms with Crippen LogP contribution in [0.3, 0.4) is 0 Å². The number of anilines is 1. The van der Waals surface area contributed by atoms with Crippen molar-refractivity contribution in [2.24, 2.45) is 0 Å². The predicted molar refractivity (Wildman–Crippen MR) is 89.6 cm³/mol. The van der Waals surface area contributed by atoms with Crippen molar-refractivity contribution in [2.75, 3.05) is 44.7 Å². The number of rotatable bonds is 2. The molecule has 3 aliphatic heterocycles. The molecule has 1 amide bonds. The van der Waals surface area contributed by atoms with Gasteiger partial charge >= 0.3 is 0 Å². The molecule has 5 nitrogen and oxygen atoms in total. The zero-order valence-corrected chi connectivity index (χ0v) is 13.7. The Morgan fingerprint density at radius 2 is 1.96 bits per heavy atom. The molecule has 2 saturated heterocycles. The molecular formula is C18H25N3O2. The van der Waals surface area contributed by atoms with Crippen molar-refractivity contribution in [3.05, 3.63) is 29.8 Å². The number of carbonyl (C=O) groups excluding carboxylic acids is 1. The molecule has 124 valence electrons. The molecule has 0 aliphatic carbocycles. The quantitative estimate of drug-likeness (QED) is 0.844. The summed E-state index contributed by atoms with van der Waals surface area (Å²) < 4.78 is 0. The van der Waals surface area contributed by atoms with E-state index in [-0.39, 0.29) is 11.3 Å². The lowest BCUT2D eigenvalue weighted by Gasteiger charge is -2.40. The molecule has 5 heteroatoms. The van der Waals surface area contributed by atoms with Crippen molar-refractivity contribution >= 4 is 11.6 Å². The largest absolute Gasteiger partial charge is 0.387 e. The number of hydrogen-bond donors (Lipinski definition) is 2. The van der Waals surface area contributed by atoms with E-state index >= 15 is 0 Å². The molecule has 1 spiro atoms. The van der Waals surface area contributed by atoms with Crippen molar-refractivity contribution in [1.29, 1.82) is 0 Å². The molecule has 0 radical (unpaired) electrons. The van der Waals surface area contributed by atoms with Crippen LogP contribution in [-0.2, 0) is 10.2 Å². The number of piperidine rings is 1. The van der Waals surface area contributed by atoms with Gasteiger partial charge in [-0.05, 0) is 50.5 Å². The average molecular weight is 315 g/mol. The second-order valence-electron chi connectivity index (χ2n) is 7.39. The molecule has 2 fully saturated rings. The topological polar surface area (TPSA) is 55.8 Å². The van der Waals surface area contributed by atoms with Gasteiger partial charge in [0.05, 0.1) is 11.0 Å². The van der Waals surface area contributed by atoms with Crippen LogP contribution in [0.25, 0.3) is 0 Å². The van der Waals surface area contributed by atoms with E-state index in [9.17, 15) is 9.90 Å². The Morgan fingerprint density at radius 3 is 2.65 bits per heavy atom. The third-order valence-electron chi connectivity index (χ3n) is 5.94. The van der Waals surface area contributed by atoms with Crippen LogP contribution in [-0.4, -0.2) is 61.3 Å². The van der Waals surface area contributed by atoms with E-state index < -0.39 is 5.60 Å². The van der Waals surface area contributed by atoms with E-state index in [1.807, 2.05) is 30.1 Å². The molecule has 1 atom stereocenters. The highest BCUT2D eigenvalue weighted by molar-refractivity contribution is 6.07. The van der Waals surface area contributed by atoms with Gasteiger partial charge in [0.15, 0.2) is 0 Å². The number of nitrogens with one attached hydrogen (secondary N) is 1. The van der Waals surface area contributed by atoms with Gasteiger partial charge < -0.3 is 20.2 Å². The molecule has 0 bridgehead atoms. The fourth-order valence-corrected chi connectivity index (χ4v) is 4.57. The number of carbonyl (C=O) groups is 1. The summed E-state index contributed by atoms with van der Waals surface area (Å²) in [7, 11) is 1.88. The Balaban J connectivity index is 1.52. The molecule has 1 aromatic rings. The minimum absolute atomic E-state index is 0.236. The number of benzene rings is 1. The number of aliphatic hydroxyl groups is 1. The number of likely N-dealkylation sites (N-methyl/N-ethyl adjacent to an activating group) is 1. The first-order valence-corrected chi connectivity index (χ1v) is 8.57. The number of fused-ring (bicyclic) bond motifs is 2. The molecule has 2 N–H and O–H groups in total. The van der Waals surface area contributed by atoms with Gasteiger partial charge in [-0.25, -0.2) is 0 Å². The normalized spacial score (nSPS) is 30.2. The van der Waals surface area contributed by atoms with Gasteiger partial charge in [-0.3, -0.25) is 4.79 Å². The van der Waals surface area contributed by atoms with Gasteiger partial charge in [0, 0.05) is 25.8 Å². The SMILES string of the molecule is CN1C(=O)C2(CCN(CC3(O)CCNC3)CC2)c2ccccc21. The number of likely N-dealkylation sites (tertiary alicyclic amines) is 1. The Morgan fingerprint density at radius 1 is 1.22 bits per heavy atom. The van der Waals surface area contributed by atoms with Crippen molar-refractivity contribution in [1.82, 2.24) is 10.2 Å². The third-order valence-corrected chi connectivity index (χ3v) is 5.94. The summed E-state index contributed by atoms with van der Waals surface area (Å²) >= 11 is 0. The number of amides is 1. The van der Waals surface area contributed by atoms with Gasteiger partial charge in [-0.2, -0.15) is 0 Å². The van der Waals surface area contributed by atoms with Gasteiger partial charge in [0.2, 0.25) is 5.91 Å². The van der Waals surface area contributed by atoms with Crippen LogP contribution in [0.2, 0.25) is 0 Å². The first-order chi connectivity index (χ1) is 11.0. The van der Waals surface area contributed by atoms with E-state index in [0.717, 1.165) is 44.6 Å². The predicted octanol–water partition coefficient (Wildman–Crippen LogP) is 0.721. The fourth-order valence-electron chi connectivity index (χ4n) is 4.57. The summed E-state index contributed by atoms with van der Waals surface area (Å²) in [4.78, 5) is 17.0. The van der Waals surface area contributed by atoms with E-state index in [0.29, 0.717) is 13.1 Å². The molecule has 1 unspecified atom stereocenters. The highest BCUT2D eigenvalue weighted by atomic mass is 16.3. The van der Waals surface area contributed by atoms with Crippen molar-refractivity contribution in [3.8, 4) is 0 Å². The number of β-amino-alcohol motifs (C(OH)–C–C–N with tert-alkyl or cyclic N) is 1. The lowest BCUT2D eigenvalue weighted by Crippen LogP contribution is -2.52. The molecule has 4 rings (SSSR count). The van der Waals surface area contributed by atoms with Gasteiger partial charge in [-0.15, -0.1) is 0 Å². The Labute approximate surface area is 137 Å². The van der Waals surface area contributed by atoms with E-state index in [2.05, 4.69) is 16.3 Å². The van der Waals surface area contributed by atoms with E-state index in [1.54, 1.807) is 0 Å². The minimum Gasteiger partial charge on any atom is -0.387 e. The van der Waals surface area contributed by atoms with Crippen molar-refractivity contribution < 1.29 is 9.90 Å². The van der Waals surface area contributed by atoms with Gasteiger partial charge in [-0.1, -0.05) is 18.2 Å². The van der Waals surface area contributed by atoms with Crippen LogP contribution >= 0.6 is 0 Å². The maximum atomic E-state index is 12.9. The summed E-state index contributed by atoms with van der Waals surface area (Å²) in [6.07, 6.45) is 2.51. The van der Waals surface area contributed by atoms with Gasteiger partial charge in [0.25, 0.3) is 0 Å². The molecular weight excluding hydrogens is 290 g/mol. The standard InChI is InChI=1S/C18H25N3O2/c1-20-15-5-3-2-4-14(15)18(16(20)22)7-10-21(11-8-18)13-17(23)6-9-19-12-17/h2-5,19,23H,6-13H2,1H3. The van der Waals surface area contributed by atoms with Crippen LogP contribution in [0.15, 0.2) is 24.3 Å². The first kappa shape index (κ1) is 15.1. The highest BCUT2D eigenvalue weighted by Gasteiger charge is 2.51. The summed E-state index contributed by atoms with van der Waals surface area (Å²) in [5, 5.41) is 13.8. The van der Waals surface area contributed by atoms with E-state index in [1.165, 1.54) is 5.56 Å². The van der Waals surface area contributed by atoms with Crippen LogP contribution in [0, 0.1) is 0 Å². The van der Waals surface area contributed by atoms with Crippen LogP contribution in [0.1, 0.15) is 24.8 Å². The van der Waals surface area contributed by atoms with Gasteiger partial charge in [0.1, 0.15) is 0 Å². The number of nitrogens with zero attached hydrogens (tertiary/aromatic N) is 2. The monoisotopic (exact) mass is 315 g/mol. The second-order valence-corrected chi connectivity index (χ2v) is 7.39. The molecule has 0 aromatic heterocycles. The smallest absolute Gasteiger partial charge is 0.237 e.